The number of benzene rings is 2. The zero-order valence-electron chi connectivity index (χ0n) is 20.1. The summed E-state index contributed by atoms with van der Waals surface area (Å²) in [5.41, 5.74) is 1.23. The van der Waals surface area contributed by atoms with E-state index >= 15 is 0 Å². The van der Waals surface area contributed by atoms with Crippen molar-refractivity contribution < 1.29 is 14.6 Å². The van der Waals surface area contributed by atoms with E-state index in [9.17, 15) is 4.79 Å². The van der Waals surface area contributed by atoms with Gasteiger partial charge >= 0.3 is 5.97 Å². The van der Waals surface area contributed by atoms with Crippen molar-refractivity contribution in [1.82, 2.24) is 10.2 Å². The Morgan fingerprint density at radius 2 is 2.00 bits per heavy atom. The number of carboxylic acid groups (broad SMARTS) is 1. The monoisotopic (exact) mass is 452 g/mol. The minimum atomic E-state index is -0.719. The van der Waals surface area contributed by atoms with Gasteiger partial charge in [0.15, 0.2) is 0 Å². The molecular formula is C28H40N2O3. The maximum absolute atomic E-state index is 10.8. The number of nitrogens with zero attached hydrogens (tertiary/aromatic N) is 1. The first-order valence-electron chi connectivity index (χ1n) is 12.6. The lowest BCUT2D eigenvalue weighted by atomic mass is 10.0. The normalized spacial score (nSPS) is 17.4. The Balaban J connectivity index is 1.49. The third-order valence-corrected chi connectivity index (χ3v) is 6.53. The van der Waals surface area contributed by atoms with E-state index in [2.05, 4.69) is 41.4 Å². The van der Waals surface area contributed by atoms with Crippen LogP contribution in [0.4, 0.5) is 0 Å². The molecule has 1 unspecified atom stereocenters. The molecule has 2 aromatic rings. The summed E-state index contributed by atoms with van der Waals surface area (Å²) in [6, 6.07) is 15.2. The Morgan fingerprint density at radius 1 is 1.15 bits per heavy atom. The number of fused-ring (bicyclic) bond motifs is 1. The van der Waals surface area contributed by atoms with Crippen LogP contribution in [0.25, 0.3) is 10.8 Å². The van der Waals surface area contributed by atoms with Crippen LogP contribution in [-0.4, -0.2) is 54.8 Å². The summed E-state index contributed by atoms with van der Waals surface area (Å²) >= 11 is 0. The van der Waals surface area contributed by atoms with Crippen molar-refractivity contribution in [2.75, 3.05) is 32.8 Å². The van der Waals surface area contributed by atoms with Gasteiger partial charge in [0.1, 0.15) is 12.4 Å². The fourth-order valence-corrected chi connectivity index (χ4v) is 4.55. The molecule has 0 aliphatic carbocycles. The van der Waals surface area contributed by atoms with Crippen LogP contribution in [0, 0.1) is 0 Å². The topological polar surface area (TPSA) is 61.8 Å². The molecule has 0 amide bonds. The minimum absolute atomic E-state index is 0.239. The van der Waals surface area contributed by atoms with Crippen LogP contribution >= 0.6 is 0 Å². The van der Waals surface area contributed by atoms with Crippen LogP contribution < -0.4 is 10.1 Å². The second-order valence-electron chi connectivity index (χ2n) is 9.18. The standard InChI is InChI=1S/C28H40N2O3/c1-23-11-7-8-19-30(23)20-10-18-29-21-24(12-3-2-4-17-28(31)32)22-33-27-16-9-14-25-13-5-6-15-26(25)27/h5-6,9,12-16,23,29H,2-4,7-8,10-11,17-22H2,1H3,(H,31,32)/b24-12+. The lowest BCUT2D eigenvalue weighted by molar-refractivity contribution is -0.137. The Kier molecular flexibility index (Phi) is 10.7. The lowest BCUT2D eigenvalue weighted by Gasteiger charge is -2.33. The van der Waals surface area contributed by atoms with Crippen molar-refractivity contribution in [3.8, 4) is 5.75 Å². The number of carboxylic acids is 1. The van der Waals surface area contributed by atoms with E-state index in [1.807, 2.05) is 24.3 Å². The van der Waals surface area contributed by atoms with E-state index in [0.29, 0.717) is 19.1 Å². The molecule has 1 fully saturated rings. The molecule has 33 heavy (non-hydrogen) atoms. The maximum atomic E-state index is 10.8. The van der Waals surface area contributed by atoms with Crippen molar-refractivity contribution >= 4 is 16.7 Å². The summed E-state index contributed by atoms with van der Waals surface area (Å²) in [5.74, 6) is 0.187. The first-order chi connectivity index (χ1) is 16.1. The van der Waals surface area contributed by atoms with Crippen LogP contribution in [0.1, 0.15) is 58.3 Å². The number of piperidine rings is 1. The summed E-state index contributed by atoms with van der Waals surface area (Å²) in [7, 11) is 0. The van der Waals surface area contributed by atoms with E-state index in [1.165, 1.54) is 36.8 Å². The van der Waals surface area contributed by atoms with E-state index in [1.54, 1.807) is 0 Å². The van der Waals surface area contributed by atoms with Crippen LogP contribution in [0.3, 0.4) is 0 Å². The molecule has 2 aromatic carbocycles. The quantitative estimate of drug-likeness (QED) is 0.287. The highest BCUT2D eigenvalue weighted by atomic mass is 16.5. The Labute approximate surface area is 198 Å². The summed E-state index contributed by atoms with van der Waals surface area (Å²) in [6.45, 7) is 7.09. The van der Waals surface area contributed by atoms with Gasteiger partial charge in [-0.05, 0) is 82.1 Å². The SMILES string of the molecule is CC1CCCCN1CCCNC/C(=C\CCCCC(=O)O)COc1cccc2ccccc12. The number of rotatable bonds is 14. The van der Waals surface area contributed by atoms with Crippen LogP contribution in [0.2, 0.25) is 0 Å². The summed E-state index contributed by atoms with van der Waals surface area (Å²) < 4.78 is 6.23. The molecule has 1 atom stereocenters. The molecular weight excluding hydrogens is 412 g/mol. The fraction of sp³-hybridized carbons (Fsp3) is 0.536. The second kappa shape index (κ2) is 14.0. The van der Waals surface area contributed by atoms with Gasteiger partial charge in [0.25, 0.3) is 0 Å². The zero-order valence-corrected chi connectivity index (χ0v) is 20.1. The molecule has 1 aliphatic heterocycles. The largest absolute Gasteiger partial charge is 0.489 e. The van der Waals surface area contributed by atoms with Gasteiger partial charge in [0.05, 0.1) is 0 Å². The smallest absolute Gasteiger partial charge is 0.303 e. The van der Waals surface area contributed by atoms with Gasteiger partial charge in [-0.3, -0.25) is 4.79 Å². The Bertz CT molecular complexity index is 890. The van der Waals surface area contributed by atoms with Crippen molar-refractivity contribution in [2.24, 2.45) is 0 Å². The number of likely N-dealkylation sites (tertiary alicyclic amines) is 1. The molecule has 0 bridgehead atoms. The molecule has 1 aliphatic rings. The van der Waals surface area contributed by atoms with Gasteiger partial charge in [-0.2, -0.15) is 0 Å². The van der Waals surface area contributed by atoms with Gasteiger partial charge in [-0.15, -0.1) is 0 Å². The average Bonchev–Trinajstić information content (AvgIpc) is 2.82. The van der Waals surface area contributed by atoms with E-state index < -0.39 is 5.97 Å². The highest BCUT2D eigenvalue weighted by Crippen LogP contribution is 2.25. The third-order valence-electron chi connectivity index (χ3n) is 6.53. The number of hydrogen-bond acceptors (Lipinski definition) is 4. The number of ether oxygens (including phenoxy) is 1. The molecule has 0 radical (unpaired) electrons. The molecule has 1 heterocycles. The average molecular weight is 453 g/mol. The zero-order chi connectivity index (χ0) is 23.3. The summed E-state index contributed by atoms with van der Waals surface area (Å²) in [6.07, 6.45) is 10.1. The highest BCUT2D eigenvalue weighted by molar-refractivity contribution is 5.88. The van der Waals surface area contributed by atoms with E-state index in [4.69, 9.17) is 9.84 Å². The molecule has 5 heteroatoms. The predicted octanol–water partition coefficient (Wildman–Crippen LogP) is 5.64. The van der Waals surface area contributed by atoms with Gasteiger partial charge in [0.2, 0.25) is 0 Å². The van der Waals surface area contributed by atoms with Gasteiger partial charge in [-0.1, -0.05) is 48.9 Å². The number of allylic oxidation sites excluding steroid dienone is 1. The molecule has 1 saturated heterocycles. The van der Waals surface area contributed by atoms with Crippen molar-refractivity contribution in [2.45, 2.75) is 64.3 Å². The number of nitrogens with one attached hydrogen (secondary N) is 1. The van der Waals surface area contributed by atoms with Crippen molar-refractivity contribution in [3.05, 3.63) is 54.1 Å². The van der Waals surface area contributed by atoms with Gasteiger partial charge in [0, 0.05) is 24.4 Å². The number of unbranched alkanes of at least 4 members (excludes halogenated alkanes) is 2. The molecule has 0 saturated carbocycles. The number of hydrogen-bond donors (Lipinski definition) is 2. The molecule has 180 valence electrons. The van der Waals surface area contributed by atoms with Crippen LogP contribution in [-0.2, 0) is 4.79 Å². The fourth-order valence-electron chi connectivity index (χ4n) is 4.55. The summed E-state index contributed by atoms with van der Waals surface area (Å²) in [5, 5.41) is 14.8. The van der Waals surface area contributed by atoms with Gasteiger partial charge < -0.3 is 20.1 Å². The minimum Gasteiger partial charge on any atom is -0.489 e. The third kappa shape index (κ3) is 8.82. The first-order valence-corrected chi connectivity index (χ1v) is 12.6. The molecule has 0 spiro atoms. The predicted molar refractivity (Wildman–Crippen MR) is 136 cm³/mol. The van der Waals surface area contributed by atoms with Crippen LogP contribution in [0.5, 0.6) is 5.75 Å². The molecule has 0 aromatic heterocycles. The van der Waals surface area contributed by atoms with E-state index in [0.717, 1.165) is 50.0 Å². The van der Waals surface area contributed by atoms with Crippen molar-refractivity contribution in [3.63, 3.8) is 0 Å². The van der Waals surface area contributed by atoms with Gasteiger partial charge in [-0.25, -0.2) is 0 Å². The second-order valence-corrected chi connectivity index (χ2v) is 9.18. The Hall–Kier alpha value is -2.37. The lowest BCUT2D eigenvalue weighted by Crippen LogP contribution is -2.39. The molecule has 5 nitrogen and oxygen atoms in total. The highest BCUT2D eigenvalue weighted by Gasteiger charge is 2.17. The van der Waals surface area contributed by atoms with Crippen molar-refractivity contribution in [1.29, 1.82) is 0 Å². The van der Waals surface area contributed by atoms with Crippen LogP contribution in [0.15, 0.2) is 54.1 Å². The Morgan fingerprint density at radius 3 is 2.85 bits per heavy atom. The molecule has 3 rings (SSSR count). The van der Waals surface area contributed by atoms with E-state index in [-0.39, 0.29) is 6.42 Å². The molecule has 2 N–H and O–H groups in total. The number of carbonyl (C=O) groups is 1. The maximum Gasteiger partial charge on any atom is 0.303 e. The first kappa shape index (κ1) is 25.3. The summed E-state index contributed by atoms with van der Waals surface area (Å²) in [4.78, 5) is 13.4. The number of aliphatic carboxylic acids is 1.